The van der Waals surface area contributed by atoms with Gasteiger partial charge in [-0.15, -0.1) is 0 Å². The zero-order chi connectivity index (χ0) is 24.4. The van der Waals surface area contributed by atoms with E-state index in [1.54, 1.807) is 25.1 Å². The van der Waals surface area contributed by atoms with Crippen molar-refractivity contribution in [2.75, 3.05) is 4.90 Å². The summed E-state index contributed by atoms with van der Waals surface area (Å²) in [5.41, 5.74) is 2.21. The summed E-state index contributed by atoms with van der Waals surface area (Å²) in [4.78, 5) is 42.6. The highest BCUT2D eigenvalue weighted by molar-refractivity contribution is 6.23. The van der Waals surface area contributed by atoms with Gasteiger partial charge in [-0.1, -0.05) is 68.4 Å². The van der Waals surface area contributed by atoms with Gasteiger partial charge in [-0.2, -0.15) is 0 Å². The second-order valence-electron chi connectivity index (χ2n) is 8.81. The number of imide groups is 1. The van der Waals surface area contributed by atoms with Crippen LogP contribution in [0.15, 0.2) is 78.9 Å². The Hall–Kier alpha value is -3.80. The molecule has 0 aliphatic carbocycles. The molecule has 34 heavy (non-hydrogen) atoms. The van der Waals surface area contributed by atoms with Gasteiger partial charge >= 0.3 is 0 Å². The quantitative estimate of drug-likeness (QED) is 0.459. The van der Waals surface area contributed by atoms with Crippen molar-refractivity contribution in [1.82, 2.24) is 4.90 Å². The number of anilines is 1. The van der Waals surface area contributed by atoms with Crippen LogP contribution in [-0.4, -0.2) is 28.7 Å². The van der Waals surface area contributed by atoms with Crippen LogP contribution in [0.3, 0.4) is 0 Å². The van der Waals surface area contributed by atoms with Gasteiger partial charge in [0, 0.05) is 0 Å². The molecule has 1 aliphatic rings. The maximum absolute atomic E-state index is 14.6. The van der Waals surface area contributed by atoms with Crippen LogP contribution in [0.4, 0.5) is 10.1 Å². The number of amides is 3. The summed E-state index contributed by atoms with van der Waals surface area (Å²) in [6.45, 7) is 5.91. The summed E-state index contributed by atoms with van der Waals surface area (Å²) in [7, 11) is 0. The average molecular weight is 459 g/mol. The largest absolute Gasteiger partial charge is 0.319 e. The molecule has 2 unspecified atom stereocenters. The molecule has 1 heterocycles. The van der Waals surface area contributed by atoms with Crippen molar-refractivity contribution in [3.63, 3.8) is 0 Å². The van der Waals surface area contributed by atoms with Gasteiger partial charge in [-0.25, -0.2) is 9.29 Å². The number of carbonyl (C=O) groups excluding carboxylic acids is 3. The Morgan fingerprint density at radius 1 is 0.882 bits per heavy atom. The van der Waals surface area contributed by atoms with Crippen molar-refractivity contribution in [3.8, 4) is 0 Å². The van der Waals surface area contributed by atoms with Gasteiger partial charge in [0.05, 0.1) is 23.7 Å². The van der Waals surface area contributed by atoms with Crippen LogP contribution in [0, 0.1) is 5.82 Å². The van der Waals surface area contributed by atoms with Crippen LogP contribution in [-0.2, 0) is 9.59 Å². The number of rotatable bonds is 6. The normalized spacial score (nSPS) is 16.7. The van der Waals surface area contributed by atoms with Crippen LogP contribution in [0.1, 0.15) is 60.6 Å². The maximum Gasteiger partial charge on any atom is 0.258 e. The summed E-state index contributed by atoms with van der Waals surface area (Å²) in [6, 6.07) is 20.6. The van der Waals surface area contributed by atoms with E-state index in [0.29, 0.717) is 11.6 Å². The molecule has 0 radical (unpaired) electrons. The highest BCUT2D eigenvalue weighted by atomic mass is 19.1. The number of hydrogen-bond donors (Lipinski definition) is 0. The number of nitrogens with zero attached hydrogens (tertiary/aromatic N) is 2. The molecule has 2 atom stereocenters. The van der Waals surface area contributed by atoms with Crippen molar-refractivity contribution in [3.05, 3.63) is 101 Å². The molecule has 0 saturated carbocycles. The first kappa shape index (κ1) is 23.4. The Kier molecular flexibility index (Phi) is 6.59. The van der Waals surface area contributed by atoms with Crippen LogP contribution in [0.25, 0.3) is 0 Å². The molecule has 5 nitrogen and oxygen atoms in total. The van der Waals surface area contributed by atoms with Crippen LogP contribution in [0.5, 0.6) is 0 Å². The second kappa shape index (κ2) is 9.59. The molecular weight excluding hydrogens is 431 g/mol. The third-order valence-corrected chi connectivity index (χ3v) is 6.31. The Bertz CT molecular complexity index is 1210. The lowest BCUT2D eigenvalue weighted by Crippen LogP contribution is -2.47. The van der Waals surface area contributed by atoms with Crippen LogP contribution >= 0.6 is 0 Å². The molecule has 0 aromatic heterocycles. The zero-order valence-corrected chi connectivity index (χ0v) is 19.4. The summed E-state index contributed by atoms with van der Waals surface area (Å²) >= 11 is 0. The fourth-order valence-electron chi connectivity index (χ4n) is 4.37. The fraction of sp³-hybridized carbons (Fsp3) is 0.250. The maximum atomic E-state index is 14.6. The third-order valence-electron chi connectivity index (χ3n) is 6.31. The molecule has 1 fully saturated rings. The highest BCUT2D eigenvalue weighted by Crippen LogP contribution is 2.33. The lowest BCUT2D eigenvalue weighted by molar-refractivity contribution is -0.123. The molecule has 3 amide bonds. The van der Waals surface area contributed by atoms with E-state index in [-0.39, 0.29) is 17.9 Å². The SMILES string of the molecule is CC(C)c1ccc(N2C(=O)CC(N(C(=O)c3ccccc3F)C(C)c3ccccc3)C2=O)cc1. The van der Waals surface area contributed by atoms with Gasteiger partial charge in [0.25, 0.3) is 11.8 Å². The minimum Gasteiger partial charge on any atom is -0.319 e. The smallest absolute Gasteiger partial charge is 0.258 e. The minimum absolute atomic E-state index is 0.134. The van der Waals surface area contributed by atoms with E-state index in [4.69, 9.17) is 0 Å². The molecular formula is C28H27FN2O3. The van der Waals surface area contributed by atoms with Gasteiger partial charge in [0.1, 0.15) is 11.9 Å². The molecule has 3 aromatic carbocycles. The number of hydrogen-bond acceptors (Lipinski definition) is 3. The van der Waals surface area contributed by atoms with E-state index < -0.39 is 29.7 Å². The molecule has 4 rings (SSSR count). The van der Waals surface area contributed by atoms with E-state index in [0.717, 1.165) is 16.0 Å². The zero-order valence-electron chi connectivity index (χ0n) is 19.4. The van der Waals surface area contributed by atoms with E-state index in [2.05, 4.69) is 13.8 Å². The van der Waals surface area contributed by atoms with Crippen molar-refractivity contribution >= 4 is 23.4 Å². The Labute approximate surface area is 198 Å². The molecule has 1 saturated heterocycles. The topological polar surface area (TPSA) is 57.7 Å². The van der Waals surface area contributed by atoms with Crippen molar-refractivity contribution in [1.29, 1.82) is 0 Å². The Balaban J connectivity index is 1.72. The minimum atomic E-state index is -1.04. The summed E-state index contributed by atoms with van der Waals surface area (Å²) in [5.74, 6) is -1.87. The lowest BCUT2D eigenvalue weighted by atomic mass is 10.0. The van der Waals surface area contributed by atoms with Crippen LogP contribution < -0.4 is 4.90 Å². The average Bonchev–Trinajstić information content (AvgIpc) is 3.13. The molecule has 3 aromatic rings. The van der Waals surface area contributed by atoms with E-state index in [9.17, 15) is 18.8 Å². The Morgan fingerprint density at radius 2 is 1.50 bits per heavy atom. The summed E-state index contributed by atoms with van der Waals surface area (Å²) < 4.78 is 14.6. The number of carbonyl (C=O) groups is 3. The first-order valence-corrected chi connectivity index (χ1v) is 11.4. The molecule has 0 N–H and O–H groups in total. The van der Waals surface area contributed by atoms with Gasteiger partial charge in [-0.3, -0.25) is 14.4 Å². The third kappa shape index (κ3) is 4.36. The van der Waals surface area contributed by atoms with E-state index in [1.807, 2.05) is 42.5 Å². The standard InChI is InChI=1S/C28H27FN2O3/c1-18(2)20-13-15-22(16-14-20)31-26(32)17-25(28(31)34)30(19(3)21-9-5-4-6-10-21)27(33)23-11-7-8-12-24(23)29/h4-16,18-19,25H,17H2,1-3H3. The first-order chi connectivity index (χ1) is 16.3. The molecule has 6 heteroatoms. The predicted octanol–water partition coefficient (Wildman–Crippen LogP) is 5.48. The molecule has 0 spiro atoms. The molecule has 0 bridgehead atoms. The number of halogens is 1. The molecule has 1 aliphatic heterocycles. The number of benzene rings is 3. The second-order valence-corrected chi connectivity index (χ2v) is 8.81. The van der Waals surface area contributed by atoms with Crippen molar-refractivity contribution in [2.24, 2.45) is 0 Å². The van der Waals surface area contributed by atoms with Crippen molar-refractivity contribution < 1.29 is 18.8 Å². The summed E-state index contributed by atoms with van der Waals surface area (Å²) in [6.07, 6.45) is -0.165. The van der Waals surface area contributed by atoms with Gasteiger partial charge < -0.3 is 4.90 Å². The van der Waals surface area contributed by atoms with Gasteiger partial charge in [0.2, 0.25) is 5.91 Å². The molecule has 174 valence electrons. The highest BCUT2D eigenvalue weighted by Gasteiger charge is 2.46. The van der Waals surface area contributed by atoms with Gasteiger partial charge in [-0.05, 0) is 48.2 Å². The Morgan fingerprint density at radius 3 is 2.12 bits per heavy atom. The summed E-state index contributed by atoms with van der Waals surface area (Å²) in [5, 5.41) is 0. The van der Waals surface area contributed by atoms with Crippen LogP contribution in [0.2, 0.25) is 0 Å². The monoisotopic (exact) mass is 458 g/mol. The van der Waals surface area contributed by atoms with E-state index >= 15 is 0 Å². The predicted molar refractivity (Wildman–Crippen MR) is 129 cm³/mol. The van der Waals surface area contributed by atoms with Gasteiger partial charge in [0.15, 0.2) is 0 Å². The fourth-order valence-corrected chi connectivity index (χ4v) is 4.37. The van der Waals surface area contributed by atoms with E-state index in [1.165, 1.54) is 23.1 Å². The van der Waals surface area contributed by atoms with Crippen molar-refractivity contribution in [2.45, 2.75) is 45.2 Å². The lowest BCUT2D eigenvalue weighted by Gasteiger charge is -2.33. The first-order valence-electron chi connectivity index (χ1n) is 11.4.